The highest BCUT2D eigenvalue weighted by molar-refractivity contribution is 4.82. The highest BCUT2D eigenvalue weighted by Crippen LogP contribution is 2.06. The number of rotatable bonds is 11. The molecule has 0 saturated heterocycles. The number of aliphatic hydroxyl groups excluding tert-OH is 2. The zero-order valence-corrected chi connectivity index (χ0v) is 11.1. The molecule has 0 aromatic heterocycles. The van der Waals surface area contributed by atoms with Gasteiger partial charge in [-0.3, -0.25) is 0 Å². The number of hydrogen-bond acceptors (Lipinski definition) is 3. The SMILES string of the molecule is CCCCCC/C=C/CCCC(O)C(N)CO. The third-order valence-corrected chi connectivity index (χ3v) is 2.97. The molecule has 0 aliphatic rings. The normalized spacial score (nSPS) is 15.3. The van der Waals surface area contributed by atoms with Gasteiger partial charge in [0.2, 0.25) is 0 Å². The lowest BCUT2D eigenvalue weighted by atomic mass is 10.1. The molecule has 2 atom stereocenters. The summed E-state index contributed by atoms with van der Waals surface area (Å²) in [6.07, 6.45) is 12.8. The van der Waals surface area contributed by atoms with Crippen LogP contribution in [0.25, 0.3) is 0 Å². The fourth-order valence-electron chi connectivity index (χ4n) is 1.71. The zero-order valence-electron chi connectivity index (χ0n) is 11.1. The Morgan fingerprint density at radius 2 is 1.71 bits per heavy atom. The minimum Gasteiger partial charge on any atom is -0.395 e. The second kappa shape index (κ2) is 12.1. The second-order valence-electron chi connectivity index (χ2n) is 4.67. The molecule has 2 unspecified atom stereocenters. The van der Waals surface area contributed by atoms with E-state index < -0.39 is 12.1 Å². The topological polar surface area (TPSA) is 66.5 Å². The van der Waals surface area contributed by atoms with E-state index in [1.54, 1.807) is 0 Å². The average Bonchev–Trinajstić information content (AvgIpc) is 2.35. The summed E-state index contributed by atoms with van der Waals surface area (Å²) >= 11 is 0. The highest BCUT2D eigenvalue weighted by Gasteiger charge is 2.11. The predicted octanol–water partition coefficient (Wildman–Crippen LogP) is 2.36. The van der Waals surface area contributed by atoms with E-state index in [0.717, 1.165) is 12.8 Å². The van der Waals surface area contributed by atoms with Gasteiger partial charge in [-0.15, -0.1) is 0 Å². The van der Waals surface area contributed by atoms with Crippen LogP contribution in [0.1, 0.15) is 58.3 Å². The van der Waals surface area contributed by atoms with Gasteiger partial charge in [0.1, 0.15) is 0 Å². The van der Waals surface area contributed by atoms with Crippen molar-refractivity contribution in [2.75, 3.05) is 6.61 Å². The van der Waals surface area contributed by atoms with Gasteiger partial charge >= 0.3 is 0 Å². The summed E-state index contributed by atoms with van der Waals surface area (Å²) in [5.74, 6) is 0. The van der Waals surface area contributed by atoms with Gasteiger partial charge in [-0.05, 0) is 32.1 Å². The van der Waals surface area contributed by atoms with E-state index in [2.05, 4.69) is 19.1 Å². The Morgan fingerprint density at radius 3 is 2.29 bits per heavy atom. The molecule has 0 saturated carbocycles. The van der Waals surface area contributed by atoms with Gasteiger partial charge < -0.3 is 15.9 Å². The molecule has 0 bridgehead atoms. The lowest BCUT2D eigenvalue weighted by Gasteiger charge is -2.15. The summed E-state index contributed by atoms with van der Waals surface area (Å²) in [5, 5.41) is 18.3. The van der Waals surface area contributed by atoms with Crippen molar-refractivity contribution in [3.8, 4) is 0 Å². The highest BCUT2D eigenvalue weighted by atomic mass is 16.3. The van der Waals surface area contributed by atoms with Crippen molar-refractivity contribution < 1.29 is 10.2 Å². The standard InChI is InChI=1S/C14H29NO2/c1-2-3-4-5-6-7-8-9-10-11-14(17)13(15)12-16/h7-8,13-14,16-17H,2-6,9-12,15H2,1H3/b8-7+. The summed E-state index contributed by atoms with van der Waals surface area (Å²) in [7, 11) is 0. The van der Waals surface area contributed by atoms with Gasteiger partial charge in [-0.1, -0.05) is 38.3 Å². The number of nitrogens with two attached hydrogens (primary N) is 1. The van der Waals surface area contributed by atoms with Crippen molar-refractivity contribution in [3.05, 3.63) is 12.2 Å². The molecule has 0 heterocycles. The van der Waals surface area contributed by atoms with Crippen LogP contribution in [0, 0.1) is 0 Å². The van der Waals surface area contributed by atoms with Crippen molar-refractivity contribution in [3.63, 3.8) is 0 Å². The van der Waals surface area contributed by atoms with Crippen molar-refractivity contribution in [1.82, 2.24) is 0 Å². The molecule has 0 rings (SSSR count). The maximum Gasteiger partial charge on any atom is 0.0713 e. The fourth-order valence-corrected chi connectivity index (χ4v) is 1.71. The Bertz CT molecular complexity index is 183. The third kappa shape index (κ3) is 10.5. The number of aliphatic hydroxyl groups is 2. The molecule has 3 heteroatoms. The lowest BCUT2D eigenvalue weighted by molar-refractivity contribution is 0.0999. The Balaban J connectivity index is 3.29. The first-order valence-corrected chi connectivity index (χ1v) is 6.91. The van der Waals surface area contributed by atoms with Crippen LogP contribution < -0.4 is 5.73 Å². The Kier molecular flexibility index (Phi) is 11.8. The molecular formula is C14H29NO2. The molecule has 4 N–H and O–H groups in total. The van der Waals surface area contributed by atoms with Crippen molar-refractivity contribution in [2.45, 2.75) is 70.4 Å². The maximum atomic E-state index is 9.51. The lowest BCUT2D eigenvalue weighted by Crippen LogP contribution is -2.37. The van der Waals surface area contributed by atoms with E-state index in [4.69, 9.17) is 10.8 Å². The van der Waals surface area contributed by atoms with Crippen LogP contribution in [0.5, 0.6) is 0 Å². The molecule has 102 valence electrons. The molecule has 0 aromatic rings. The van der Waals surface area contributed by atoms with Gasteiger partial charge in [0, 0.05) is 0 Å². The van der Waals surface area contributed by atoms with Crippen molar-refractivity contribution in [2.24, 2.45) is 5.73 Å². The number of unbranched alkanes of at least 4 members (excludes halogenated alkanes) is 5. The molecule has 0 aromatic carbocycles. The minimum absolute atomic E-state index is 0.144. The van der Waals surface area contributed by atoms with Gasteiger partial charge in [0.25, 0.3) is 0 Å². The first kappa shape index (κ1) is 16.6. The molecule has 3 nitrogen and oxygen atoms in total. The van der Waals surface area contributed by atoms with Crippen LogP contribution in [-0.2, 0) is 0 Å². The molecule has 17 heavy (non-hydrogen) atoms. The maximum absolute atomic E-state index is 9.51. The average molecular weight is 243 g/mol. The van der Waals surface area contributed by atoms with E-state index in [1.807, 2.05) is 0 Å². The smallest absolute Gasteiger partial charge is 0.0713 e. The summed E-state index contributed by atoms with van der Waals surface area (Å²) < 4.78 is 0. The van der Waals surface area contributed by atoms with Gasteiger partial charge in [0.05, 0.1) is 18.8 Å². The minimum atomic E-state index is -0.571. The monoisotopic (exact) mass is 243 g/mol. The second-order valence-corrected chi connectivity index (χ2v) is 4.67. The van der Waals surface area contributed by atoms with Gasteiger partial charge in [-0.25, -0.2) is 0 Å². The van der Waals surface area contributed by atoms with E-state index in [-0.39, 0.29) is 6.61 Å². The summed E-state index contributed by atoms with van der Waals surface area (Å²) in [6.45, 7) is 2.08. The van der Waals surface area contributed by atoms with E-state index in [9.17, 15) is 5.11 Å². The Morgan fingerprint density at radius 1 is 1.06 bits per heavy atom. The third-order valence-electron chi connectivity index (χ3n) is 2.97. The van der Waals surface area contributed by atoms with Crippen molar-refractivity contribution >= 4 is 0 Å². The largest absolute Gasteiger partial charge is 0.395 e. The molecule has 0 aliphatic heterocycles. The van der Waals surface area contributed by atoms with E-state index in [1.165, 1.54) is 32.1 Å². The van der Waals surface area contributed by atoms with Gasteiger partial charge in [0.15, 0.2) is 0 Å². The van der Waals surface area contributed by atoms with E-state index >= 15 is 0 Å². The zero-order chi connectivity index (χ0) is 12.9. The summed E-state index contributed by atoms with van der Waals surface area (Å²) in [6, 6.07) is -0.493. The number of hydrogen-bond donors (Lipinski definition) is 3. The van der Waals surface area contributed by atoms with Crippen LogP contribution in [0.15, 0.2) is 12.2 Å². The fraction of sp³-hybridized carbons (Fsp3) is 0.857. The van der Waals surface area contributed by atoms with Crippen LogP contribution in [-0.4, -0.2) is 29.0 Å². The van der Waals surface area contributed by atoms with Crippen LogP contribution in [0.3, 0.4) is 0 Å². The first-order valence-electron chi connectivity index (χ1n) is 6.91. The predicted molar refractivity (Wildman–Crippen MR) is 72.8 cm³/mol. The molecule has 0 aliphatic carbocycles. The van der Waals surface area contributed by atoms with Crippen molar-refractivity contribution in [1.29, 1.82) is 0 Å². The molecule has 0 spiro atoms. The van der Waals surface area contributed by atoms with Crippen LogP contribution in [0.2, 0.25) is 0 Å². The summed E-state index contributed by atoms with van der Waals surface area (Å²) in [5.41, 5.74) is 5.51. The molecule has 0 fully saturated rings. The van der Waals surface area contributed by atoms with Crippen LogP contribution in [0.4, 0.5) is 0 Å². The van der Waals surface area contributed by atoms with Crippen LogP contribution >= 0.6 is 0 Å². The molecule has 0 amide bonds. The Labute approximate surface area is 106 Å². The van der Waals surface area contributed by atoms with Gasteiger partial charge in [-0.2, -0.15) is 0 Å². The molecular weight excluding hydrogens is 214 g/mol. The number of allylic oxidation sites excluding steroid dienone is 2. The first-order chi connectivity index (χ1) is 8.22. The summed E-state index contributed by atoms with van der Waals surface area (Å²) in [4.78, 5) is 0. The Hall–Kier alpha value is -0.380. The molecule has 0 radical (unpaired) electrons. The quantitative estimate of drug-likeness (QED) is 0.385. The van der Waals surface area contributed by atoms with E-state index in [0.29, 0.717) is 6.42 Å².